The SMILES string of the molecule is Cc1ccc(C(=O)NCC(c2ccsc2)N2CCOCC2)cc1C. The lowest BCUT2D eigenvalue weighted by Crippen LogP contribution is -2.43. The van der Waals surface area contributed by atoms with Gasteiger partial charge in [0.1, 0.15) is 0 Å². The Morgan fingerprint density at radius 2 is 2.04 bits per heavy atom. The summed E-state index contributed by atoms with van der Waals surface area (Å²) in [7, 11) is 0. The van der Waals surface area contributed by atoms with Gasteiger partial charge in [0, 0.05) is 25.2 Å². The van der Waals surface area contributed by atoms with E-state index in [1.165, 1.54) is 11.1 Å². The Bertz CT molecular complexity index is 679. The molecule has 1 amide bonds. The summed E-state index contributed by atoms with van der Waals surface area (Å²) in [6, 6.07) is 8.20. The zero-order chi connectivity index (χ0) is 16.9. The molecule has 1 aromatic heterocycles. The standard InChI is InChI=1S/C19H24N2O2S/c1-14-3-4-16(11-15(14)2)19(22)20-12-18(17-5-10-24-13-17)21-6-8-23-9-7-21/h3-5,10-11,13,18H,6-9,12H2,1-2H3,(H,20,22). The second-order valence-corrected chi connectivity index (χ2v) is 7.01. The molecule has 1 aliphatic rings. The quantitative estimate of drug-likeness (QED) is 0.906. The highest BCUT2D eigenvalue weighted by Gasteiger charge is 2.23. The van der Waals surface area contributed by atoms with Crippen LogP contribution < -0.4 is 5.32 Å². The molecule has 128 valence electrons. The van der Waals surface area contributed by atoms with Crippen molar-refractivity contribution in [2.24, 2.45) is 0 Å². The highest BCUT2D eigenvalue weighted by atomic mass is 32.1. The number of aryl methyl sites for hydroxylation is 2. The Morgan fingerprint density at radius 1 is 1.25 bits per heavy atom. The van der Waals surface area contributed by atoms with Crippen LogP contribution in [0.25, 0.3) is 0 Å². The molecule has 3 rings (SSSR count). The normalized spacial score (nSPS) is 16.8. The van der Waals surface area contributed by atoms with E-state index in [-0.39, 0.29) is 11.9 Å². The summed E-state index contributed by atoms with van der Waals surface area (Å²) in [6.45, 7) is 8.02. The first kappa shape index (κ1) is 17.1. The van der Waals surface area contributed by atoms with Crippen LogP contribution >= 0.6 is 11.3 Å². The topological polar surface area (TPSA) is 41.6 Å². The van der Waals surface area contributed by atoms with Gasteiger partial charge < -0.3 is 10.1 Å². The van der Waals surface area contributed by atoms with E-state index in [1.54, 1.807) is 11.3 Å². The zero-order valence-corrected chi connectivity index (χ0v) is 15.1. The fraction of sp³-hybridized carbons (Fsp3) is 0.421. The third kappa shape index (κ3) is 4.04. The summed E-state index contributed by atoms with van der Waals surface area (Å²) in [5.74, 6) is -0.00779. The van der Waals surface area contributed by atoms with E-state index in [0.717, 1.165) is 37.4 Å². The van der Waals surface area contributed by atoms with E-state index in [9.17, 15) is 4.79 Å². The number of carbonyl (C=O) groups excluding carboxylic acids is 1. The number of thiophene rings is 1. The van der Waals surface area contributed by atoms with Crippen molar-refractivity contribution in [2.45, 2.75) is 19.9 Å². The largest absolute Gasteiger partial charge is 0.379 e. The van der Waals surface area contributed by atoms with Gasteiger partial charge >= 0.3 is 0 Å². The fourth-order valence-corrected chi connectivity index (χ4v) is 3.69. The first-order valence-electron chi connectivity index (χ1n) is 8.34. The van der Waals surface area contributed by atoms with E-state index < -0.39 is 0 Å². The van der Waals surface area contributed by atoms with Gasteiger partial charge in [-0.05, 0) is 59.5 Å². The predicted octanol–water partition coefficient (Wildman–Crippen LogP) is 3.17. The number of amides is 1. The molecule has 0 aliphatic carbocycles. The molecular formula is C19H24N2O2S. The van der Waals surface area contributed by atoms with Crippen molar-refractivity contribution >= 4 is 17.2 Å². The maximum absolute atomic E-state index is 12.5. The molecule has 24 heavy (non-hydrogen) atoms. The number of benzene rings is 1. The van der Waals surface area contributed by atoms with Gasteiger partial charge in [0.2, 0.25) is 0 Å². The summed E-state index contributed by atoms with van der Waals surface area (Å²) < 4.78 is 5.46. The predicted molar refractivity (Wildman–Crippen MR) is 97.7 cm³/mol. The molecule has 1 atom stereocenters. The molecule has 2 heterocycles. The minimum absolute atomic E-state index is 0.00779. The van der Waals surface area contributed by atoms with Crippen LogP contribution in [-0.2, 0) is 4.74 Å². The van der Waals surface area contributed by atoms with E-state index in [0.29, 0.717) is 6.54 Å². The molecule has 4 nitrogen and oxygen atoms in total. The second-order valence-electron chi connectivity index (χ2n) is 6.23. The van der Waals surface area contributed by atoms with Gasteiger partial charge in [0.15, 0.2) is 0 Å². The third-order valence-electron chi connectivity index (χ3n) is 4.64. The summed E-state index contributed by atoms with van der Waals surface area (Å²) in [6.07, 6.45) is 0. The van der Waals surface area contributed by atoms with Gasteiger partial charge in [-0.2, -0.15) is 11.3 Å². The number of rotatable bonds is 5. The van der Waals surface area contributed by atoms with Crippen LogP contribution in [0.2, 0.25) is 0 Å². The van der Waals surface area contributed by atoms with Gasteiger partial charge in [-0.1, -0.05) is 6.07 Å². The Kier molecular flexibility index (Phi) is 5.66. The molecule has 1 aromatic carbocycles. The molecule has 0 spiro atoms. The molecule has 0 radical (unpaired) electrons. The number of carbonyl (C=O) groups is 1. The molecule has 5 heteroatoms. The molecule has 0 saturated carbocycles. The monoisotopic (exact) mass is 344 g/mol. The number of morpholine rings is 1. The fourth-order valence-electron chi connectivity index (χ4n) is 2.99. The number of nitrogens with one attached hydrogen (secondary N) is 1. The van der Waals surface area contributed by atoms with E-state index in [4.69, 9.17) is 4.74 Å². The molecule has 1 saturated heterocycles. The minimum atomic E-state index is -0.00779. The van der Waals surface area contributed by atoms with Crippen molar-refractivity contribution in [3.8, 4) is 0 Å². The van der Waals surface area contributed by atoms with Gasteiger partial charge in [-0.3, -0.25) is 9.69 Å². The van der Waals surface area contributed by atoms with Crippen molar-refractivity contribution in [1.29, 1.82) is 0 Å². The molecule has 2 aromatic rings. The summed E-state index contributed by atoms with van der Waals surface area (Å²) in [4.78, 5) is 14.9. The van der Waals surface area contributed by atoms with E-state index >= 15 is 0 Å². The van der Waals surface area contributed by atoms with Crippen LogP contribution in [0.4, 0.5) is 0 Å². The lowest BCUT2D eigenvalue weighted by atomic mass is 10.1. The smallest absolute Gasteiger partial charge is 0.251 e. The molecule has 1 aliphatic heterocycles. The number of hydrogen-bond donors (Lipinski definition) is 1. The summed E-state index contributed by atoms with van der Waals surface area (Å²) >= 11 is 1.70. The van der Waals surface area contributed by atoms with Crippen molar-refractivity contribution in [3.05, 3.63) is 57.3 Å². The van der Waals surface area contributed by atoms with Crippen molar-refractivity contribution in [2.75, 3.05) is 32.8 Å². The zero-order valence-electron chi connectivity index (χ0n) is 14.2. The van der Waals surface area contributed by atoms with Crippen LogP contribution in [0.15, 0.2) is 35.0 Å². The van der Waals surface area contributed by atoms with Gasteiger partial charge in [-0.25, -0.2) is 0 Å². The van der Waals surface area contributed by atoms with E-state index in [2.05, 4.69) is 34.0 Å². The average Bonchev–Trinajstić information content (AvgIpc) is 3.12. The first-order chi connectivity index (χ1) is 11.6. The van der Waals surface area contributed by atoms with Crippen LogP contribution in [0.3, 0.4) is 0 Å². The van der Waals surface area contributed by atoms with Gasteiger partial charge in [0.25, 0.3) is 5.91 Å². The van der Waals surface area contributed by atoms with Crippen molar-refractivity contribution < 1.29 is 9.53 Å². The van der Waals surface area contributed by atoms with Gasteiger partial charge in [0.05, 0.1) is 19.3 Å². The summed E-state index contributed by atoms with van der Waals surface area (Å²) in [5, 5.41) is 7.37. The first-order valence-corrected chi connectivity index (χ1v) is 9.29. The Labute approximate surface area is 147 Å². The second kappa shape index (κ2) is 7.92. The number of hydrogen-bond acceptors (Lipinski definition) is 4. The Balaban J connectivity index is 1.68. The average molecular weight is 344 g/mol. The molecule has 1 fully saturated rings. The third-order valence-corrected chi connectivity index (χ3v) is 5.34. The minimum Gasteiger partial charge on any atom is -0.379 e. The molecule has 1 unspecified atom stereocenters. The summed E-state index contributed by atoms with van der Waals surface area (Å²) in [5.41, 5.74) is 4.34. The van der Waals surface area contributed by atoms with Crippen molar-refractivity contribution in [1.82, 2.24) is 10.2 Å². The lowest BCUT2D eigenvalue weighted by Gasteiger charge is -2.34. The number of ether oxygens (including phenoxy) is 1. The lowest BCUT2D eigenvalue weighted by molar-refractivity contribution is 0.0163. The highest BCUT2D eigenvalue weighted by molar-refractivity contribution is 7.07. The molecule has 1 N–H and O–H groups in total. The Hall–Kier alpha value is -1.69. The molecular weight excluding hydrogens is 320 g/mol. The number of nitrogens with zero attached hydrogens (tertiary/aromatic N) is 1. The van der Waals surface area contributed by atoms with Crippen LogP contribution in [-0.4, -0.2) is 43.7 Å². The van der Waals surface area contributed by atoms with Crippen LogP contribution in [0, 0.1) is 13.8 Å². The van der Waals surface area contributed by atoms with Crippen LogP contribution in [0.5, 0.6) is 0 Å². The Morgan fingerprint density at radius 3 is 2.71 bits per heavy atom. The van der Waals surface area contributed by atoms with Crippen molar-refractivity contribution in [3.63, 3.8) is 0 Å². The maximum Gasteiger partial charge on any atom is 0.251 e. The van der Waals surface area contributed by atoms with E-state index in [1.807, 2.05) is 25.1 Å². The highest BCUT2D eigenvalue weighted by Crippen LogP contribution is 2.23. The molecule has 0 bridgehead atoms. The maximum atomic E-state index is 12.5. The van der Waals surface area contributed by atoms with Crippen LogP contribution in [0.1, 0.15) is 33.1 Å². The van der Waals surface area contributed by atoms with Gasteiger partial charge in [-0.15, -0.1) is 0 Å².